The predicted octanol–water partition coefficient (Wildman–Crippen LogP) is 1.73. The molecule has 3 N–H and O–H groups in total. The first-order valence-electron chi connectivity index (χ1n) is 7.33. The van der Waals surface area contributed by atoms with E-state index in [2.05, 4.69) is 10.3 Å². The van der Waals surface area contributed by atoms with E-state index in [1.165, 1.54) is 18.4 Å². The van der Waals surface area contributed by atoms with Gasteiger partial charge in [0, 0.05) is 17.8 Å². The van der Waals surface area contributed by atoms with Crippen LogP contribution in [0.2, 0.25) is 0 Å². The van der Waals surface area contributed by atoms with Crippen molar-refractivity contribution >= 4 is 5.84 Å². The average Bonchev–Trinajstić information content (AvgIpc) is 3.07. The van der Waals surface area contributed by atoms with Gasteiger partial charge >= 0.3 is 0 Å². The fourth-order valence-corrected chi connectivity index (χ4v) is 2.93. The van der Waals surface area contributed by atoms with E-state index in [1.807, 2.05) is 18.3 Å². The maximum atomic E-state index is 9.02. The number of nitrogens with two attached hydrogens (primary N) is 1. The van der Waals surface area contributed by atoms with E-state index >= 15 is 0 Å². The molecule has 1 fully saturated rings. The van der Waals surface area contributed by atoms with Gasteiger partial charge in [0.1, 0.15) is 0 Å². The zero-order valence-electron chi connectivity index (χ0n) is 11.7. The second kappa shape index (κ2) is 4.58. The Hall–Kier alpha value is -2.37. The lowest BCUT2D eigenvalue weighted by Crippen LogP contribution is -2.19. The minimum atomic E-state index is 0.0793. The zero-order chi connectivity index (χ0) is 14.4. The van der Waals surface area contributed by atoms with Crippen molar-refractivity contribution in [2.24, 2.45) is 10.9 Å². The third-order valence-corrected chi connectivity index (χ3v) is 4.24. The van der Waals surface area contributed by atoms with E-state index in [1.54, 1.807) is 4.68 Å². The van der Waals surface area contributed by atoms with Crippen molar-refractivity contribution in [2.75, 3.05) is 0 Å². The van der Waals surface area contributed by atoms with Crippen LogP contribution in [0.1, 0.15) is 47.7 Å². The molecule has 2 aliphatic rings. The van der Waals surface area contributed by atoms with Crippen LogP contribution in [-0.2, 0) is 12.8 Å². The largest absolute Gasteiger partial charge is 0.409 e. The van der Waals surface area contributed by atoms with Crippen LogP contribution in [0, 0.1) is 0 Å². The minimum Gasteiger partial charge on any atom is -0.409 e. The normalized spacial score (nSPS) is 18.0. The lowest BCUT2D eigenvalue weighted by molar-refractivity contribution is 0.318. The van der Waals surface area contributed by atoms with Gasteiger partial charge in [0.05, 0.1) is 11.3 Å². The molecule has 0 unspecified atom stereocenters. The molecule has 0 bridgehead atoms. The Bertz CT molecular complexity index is 730. The Morgan fingerprint density at radius 3 is 3.00 bits per heavy atom. The second-order valence-corrected chi connectivity index (χ2v) is 5.76. The summed E-state index contributed by atoms with van der Waals surface area (Å²) in [7, 11) is 0. The predicted molar refractivity (Wildman–Crippen MR) is 77.9 cm³/mol. The van der Waals surface area contributed by atoms with Gasteiger partial charge in [-0.2, -0.15) is 5.10 Å². The smallest absolute Gasteiger partial charge is 0.173 e. The average molecular weight is 283 g/mol. The monoisotopic (exact) mass is 283 g/mol. The first kappa shape index (κ1) is 12.4. The van der Waals surface area contributed by atoms with Gasteiger partial charge in [-0.15, -0.1) is 0 Å². The Morgan fingerprint density at radius 1 is 1.38 bits per heavy atom. The summed E-state index contributed by atoms with van der Waals surface area (Å²) in [5, 5.41) is 16.8. The van der Waals surface area contributed by atoms with Crippen molar-refractivity contribution in [1.29, 1.82) is 0 Å². The van der Waals surface area contributed by atoms with Crippen molar-refractivity contribution in [3.8, 4) is 5.82 Å². The quantitative estimate of drug-likeness (QED) is 0.388. The molecule has 0 aliphatic heterocycles. The van der Waals surface area contributed by atoms with Crippen LogP contribution in [0.3, 0.4) is 0 Å². The van der Waals surface area contributed by atoms with Gasteiger partial charge in [-0.1, -0.05) is 5.16 Å². The molecule has 0 atom stereocenters. The van der Waals surface area contributed by atoms with Crippen molar-refractivity contribution in [1.82, 2.24) is 14.8 Å². The van der Waals surface area contributed by atoms with Gasteiger partial charge in [0.25, 0.3) is 0 Å². The van der Waals surface area contributed by atoms with E-state index in [4.69, 9.17) is 15.9 Å². The maximum Gasteiger partial charge on any atom is 0.173 e. The van der Waals surface area contributed by atoms with E-state index in [-0.39, 0.29) is 5.84 Å². The fraction of sp³-hybridized carbons (Fsp3) is 0.400. The lowest BCUT2D eigenvalue weighted by atomic mass is 10.1. The molecule has 0 radical (unpaired) electrons. The van der Waals surface area contributed by atoms with Gasteiger partial charge in [0.15, 0.2) is 11.7 Å². The first-order valence-corrected chi connectivity index (χ1v) is 7.33. The topological polar surface area (TPSA) is 89.3 Å². The molecule has 2 aromatic heterocycles. The number of aromatic nitrogens is 3. The van der Waals surface area contributed by atoms with Crippen LogP contribution < -0.4 is 5.73 Å². The number of rotatable bonds is 3. The second-order valence-electron chi connectivity index (χ2n) is 5.76. The highest BCUT2D eigenvalue weighted by Gasteiger charge is 2.27. The van der Waals surface area contributed by atoms with Crippen molar-refractivity contribution in [2.45, 2.75) is 38.0 Å². The molecule has 0 aromatic carbocycles. The van der Waals surface area contributed by atoms with E-state index in [0.717, 1.165) is 30.7 Å². The number of hydrogen-bond acceptors (Lipinski definition) is 4. The summed E-state index contributed by atoms with van der Waals surface area (Å²) in [6, 6.07) is 4.01. The highest BCUT2D eigenvalue weighted by atomic mass is 16.4. The molecule has 1 saturated carbocycles. The first-order chi connectivity index (χ1) is 10.3. The van der Waals surface area contributed by atoms with E-state index < -0.39 is 0 Å². The van der Waals surface area contributed by atoms with Crippen LogP contribution in [0.15, 0.2) is 23.5 Å². The molecule has 2 aromatic rings. The van der Waals surface area contributed by atoms with Gasteiger partial charge < -0.3 is 10.9 Å². The summed E-state index contributed by atoms with van der Waals surface area (Å²) in [6.45, 7) is 0. The molecule has 6 nitrogen and oxygen atoms in total. The van der Waals surface area contributed by atoms with Gasteiger partial charge in [-0.25, -0.2) is 9.67 Å². The third kappa shape index (κ3) is 2.07. The number of amidine groups is 1. The Kier molecular flexibility index (Phi) is 2.70. The number of nitrogens with zero attached hydrogens (tertiary/aromatic N) is 4. The summed E-state index contributed by atoms with van der Waals surface area (Å²) in [6.07, 6.45) is 7.42. The Morgan fingerprint density at radius 2 is 2.24 bits per heavy atom. The number of aryl methyl sites for hydroxylation is 2. The highest BCUT2D eigenvalue weighted by molar-refractivity contribution is 6.00. The minimum absolute atomic E-state index is 0.0793. The molecule has 21 heavy (non-hydrogen) atoms. The Balaban J connectivity index is 1.84. The number of oxime groups is 1. The number of fused-ring (bicyclic) bond motifs is 1. The molecule has 6 heteroatoms. The zero-order valence-corrected chi connectivity index (χ0v) is 11.7. The van der Waals surface area contributed by atoms with Gasteiger partial charge in [-0.05, 0) is 49.8 Å². The van der Waals surface area contributed by atoms with Crippen molar-refractivity contribution in [3.63, 3.8) is 0 Å². The lowest BCUT2D eigenvalue weighted by Gasteiger charge is -2.10. The van der Waals surface area contributed by atoms with Crippen LogP contribution in [-0.4, -0.2) is 25.8 Å². The maximum absolute atomic E-state index is 9.02. The standard InChI is InChI=1S/C15H17N5O/c16-14(19-21)11-8-10-2-1-3-12(10)17-15(11)20-7-6-13(18-20)9-4-5-9/h6-9,21H,1-5H2,(H2,16,19). The summed E-state index contributed by atoms with van der Waals surface area (Å²) in [5.74, 6) is 1.32. The van der Waals surface area contributed by atoms with Crippen LogP contribution in [0.4, 0.5) is 0 Å². The summed E-state index contributed by atoms with van der Waals surface area (Å²) in [5.41, 5.74) is 9.86. The van der Waals surface area contributed by atoms with Crippen LogP contribution in [0.5, 0.6) is 0 Å². The molecular weight excluding hydrogens is 266 g/mol. The van der Waals surface area contributed by atoms with Crippen molar-refractivity contribution in [3.05, 3.63) is 40.8 Å². The fourth-order valence-electron chi connectivity index (χ4n) is 2.93. The Labute approximate surface area is 122 Å². The molecular formula is C15H17N5O. The molecule has 0 amide bonds. The van der Waals surface area contributed by atoms with Gasteiger partial charge in [-0.3, -0.25) is 0 Å². The van der Waals surface area contributed by atoms with E-state index in [9.17, 15) is 0 Å². The molecule has 108 valence electrons. The third-order valence-electron chi connectivity index (χ3n) is 4.24. The summed E-state index contributed by atoms with van der Waals surface area (Å²) < 4.78 is 1.75. The van der Waals surface area contributed by atoms with Gasteiger partial charge in [0.2, 0.25) is 0 Å². The number of hydrogen-bond donors (Lipinski definition) is 2. The SMILES string of the molecule is NC(=NO)c1cc2c(nc1-n1ccc(C3CC3)n1)CCC2. The van der Waals surface area contributed by atoms with Crippen LogP contribution >= 0.6 is 0 Å². The molecule has 0 spiro atoms. The summed E-state index contributed by atoms with van der Waals surface area (Å²) >= 11 is 0. The van der Waals surface area contributed by atoms with Crippen molar-refractivity contribution < 1.29 is 5.21 Å². The summed E-state index contributed by atoms with van der Waals surface area (Å²) in [4.78, 5) is 4.71. The molecule has 4 rings (SSSR count). The molecule has 2 heterocycles. The molecule has 0 saturated heterocycles. The molecule has 2 aliphatic carbocycles. The van der Waals surface area contributed by atoms with Crippen LogP contribution in [0.25, 0.3) is 5.82 Å². The highest BCUT2D eigenvalue weighted by Crippen LogP contribution is 2.39. The van der Waals surface area contributed by atoms with E-state index in [0.29, 0.717) is 17.3 Å². The number of pyridine rings is 1.